The van der Waals surface area contributed by atoms with Gasteiger partial charge < -0.3 is 10.2 Å². The van der Waals surface area contributed by atoms with Crippen LogP contribution in [0.25, 0.3) is 0 Å². The summed E-state index contributed by atoms with van der Waals surface area (Å²) in [7, 11) is 0. The zero-order valence-electron chi connectivity index (χ0n) is 11.7. The van der Waals surface area contributed by atoms with E-state index in [-0.39, 0.29) is 12.4 Å². The summed E-state index contributed by atoms with van der Waals surface area (Å²) in [4.78, 5) is 14.7. The van der Waals surface area contributed by atoms with Gasteiger partial charge in [-0.2, -0.15) is 0 Å². The molecule has 0 bridgehead atoms. The quantitative estimate of drug-likeness (QED) is 0.835. The van der Waals surface area contributed by atoms with Gasteiger partial charge in [0.2, 0.25) is 5.91 Å². The van der Waals surface area contributed by atoms with E-state index in [4.69, 9.17) is 0 Å². The average molecular weight is 275 g/mol. The summed E-state index contributed by atoms with van der Waals surface area (Å²) in [6, 6.07) is 0.580. The van der Waals surface area contributed by atoms with Gasteiger partial charge in [-0.1, -0.05) is 13.8 Å². The molecule has 1 aliphatic carbocycles. The van der Waals surface area contributed by atoms with Crippen LogP contribution in [0.5, 0.6) is 0 Å². The molecule has 1 aliphatic heterocycles. The molecule has 0 radical (unpaired) electrons. The highest BCUT2D eigenvalue weighted by molar-refractivity contribution is 5.85. The second-order valence-electron chi connectivity index (χ2n) is 5.97. The molecule has 0 aromatic rings. The van der Waals surface area contributed by atoms with E-state index >= 15 is 0 Å². The Morgan fingerprint density at radius 3 is 2.33 bits per heavy atom. The minimum Gasteiger partial charge on any atom is -0.339 e. The van der Waals surface area contributed by atoms with E-state index in [0.717, 1.165) is 38.9 Å². The van der Waals surface area contributed by atoms with Crippen LogP contribution >= 0.6 is 12.4 Å². The van der Waals surface area contributed by atoms with Crippen LogP contribution in [-0.2, 0) is 4.79 Å². The molecule has 0 aromatic heterocycles. The normalized spacial score (nSPS) is 20.6. The topological polar surface area (TPSA) is 32.3 Å². The predicted octanol–water partition coefficient (Wildman–Crippen LogP) is 2.44. The first-order chi connectivity index (χ1) is 8.18. The molecule has 4 heteroatoms. The molecule has 0 unspecified atom stereocenters. The van der Waals surface area contributed by atoms with Crippen molar-refractivity contribution in [3.63, 3.8) is 0 Å². The number of hydrogen-bond acceptors (Lipinski definition) is 2. The second kappa shape index (κ2) is 7.34. The monoisotopic (exact) mass is 274 g/mol. The number of hydrogen-bond donors (Lipinski definition) is 1. The van der Waals surface area contributed by atoms with Crippen LogP contribution in [0.15, 0.2) is 0 Å². The van der Waals surface area contributed by atoms with Crippen molar-refractivity contribution in [3.8, 4) is 0 Å². The lowest BCUT2D eigenvalue weighted by Gasteiger charge is -2.30. The van der Waals surface area contributed by atoms with Crippen molar-refractivity contribution in [2.75, 3.05) is 19.6 Å². The first-order valence-electron chi connectivity index (χ1n) is 7.19. The molecule has 2 fully saturated rings. The fourth-order valence-corrected chi connectivity index (χ4v) is 2.56. The molecule has 1 saturated heterocycles. The number of halogens is 1. The van der Waals surface area contributed by atoms with Gasteiger partial charge in [-0.15, -0.1) is 12.4 Å². The summed E-state index contributed by atoms with van der Waals surface area (Å²) < 4.78 is 0. The highest BCUT2D eigenvalue weighted by Crippen LogP contribution is 2.30. The number of nitrogens with one attached hydrogen (secondary N) is 1. The Kier molecular flexibility index (Phi) is 6.44. The molecule has 1 saturated carbocycles. The van der Waals surface area contributed by atoms with Crippen molar-refractivity contribution in [2.24, 2.45) is 11.8 Å². The van der Waals surface area contributed by atoms with Crippen LogP contribution in [0.3, 0.4) is 0 Å². The summed E-state index contributed by atoms with van der Waals surface area (Å²) in [5.74, 6) is 1.43. The van der Waals surface area contributed by atoms with E-state index in [1.165, 1.54) is 12.8 Å². The molecule has 106 valence electrons. The third-order valence-corrected chi connectivity index (χ3v) is 3.91. The Bertz CT molecular complexity index is 261. The maximum atomic E-state index is 12.5. The van der Waals surface area contributed by atoms with Crippen LogP contribution in [0, 0.1) is 11.8 Å². The van der Waals surface area contributed by atoms with E-state index in [0.29, 0.717) is 23.8 Å². The van der Waals surface area contributed by atoms with Crippen LogP contribution < -0.4 is 5.32 Å². The van der Waals surface area contributed by atoms with Crippen LogP contribution in [0.2, 0.25) is 0 Å². The summed E-state index contributed by atoms with van der Waals surface area (Å²) >= 11 is 0. The SMILES string of the molecule is CC(C)CCN(C(=O)C1CCNCC1)C1CC1.Cl. The maximum Gasteiger partial charge on any atom is 0.226 e. The third-order valence-electron chi connectivity index (χ3n) is 3.91. The molecule has 1 heterocycles. The van der Waals surface area contributed by atoms with Gasteiger partial charge in [0, 0.05) is 18.5 Å². The van der Waals surface area contributed by atoms with Crippen molar-refractivity contribution in [1.29, 1.82) is 0 Å². The molecule has 2 aliphatic rings. The Balaban J connectivity index is 0.00000162. The first kappa shape index (κ1) is 15.8. The molecule has 0 atom stereocenters. The Morgan fingerprint density at radius 2 is 1.83 bits per heavy atom. The van der Waals surface area contributed by atoms with Crippen LogP contribution in [0.4, 0.5) is 0 Å². The van der Waals surface area contributed by atoms with Gasteiger partial charge in [-0.25, -0.2) is 0 Å². The largest absolute Gasteiger partial charge is 0.339 e. The second-order valence-corrected chi connectivity index (χ2v) is 5.97. The standard InChI is InChI=1S/C14H26N2O.ClH/c1-11(2)7-10-16(13-3-4-13)14(17)12-5-8-15-9-6-12;/h11-13,15H,3-10H2,1-2H3;1H. The Labute approximate surface area is 117 Å². The zero-order chi connectivity index (χ0) is 12.3. The number of piperidine rings is 1. The first-order valence-corrected chi connectivity index (χ1v) is 7.19. The van der Waals surface area contributed by atoms with E-state index in [1.54, 1.807) is 0 Å². The smallest absolute Gasteiger partial charge is 0.226 e. The van der Waals surface area contributed by atoms with Crippen LogP contribution in [-0.4, -0.2) is 36.5 Å². The molecular weight excluding hydrogens is 248 g/mol. The minimum absolute atomic E-state index is 0. The lowest BCUT2D eigenvalue weighted by molar-refractivity contribution is -0.137. The van der Waals surface area contributed by atoms with Gasteiger partial charge in [0.1, 0.15) is 0 Å². The summed E-state index contributed by atoms with van der Waals surface area (Å²) in [6.45, 7) is 7.48. The van der Waals surface area contributed by atoms with Gasteiger partial charge in [0.05, 0.1) is 0 Å². The number of carbonyl (C=O) groups excluding carboxylic acids is 1. The Hall–Kier alpha value is -0.280. The average Bonchev–Trinajstić information content (AvgIpc) is 3.14. The Morgan fingerprint density at radius 1 is 1.22 bits per heavy atom. The fourth-order valence-electron chi connectivity index (χ4n) is 2.56. The van der Waals surface area contributed by atoms with Crippen LogP contribution in [0.1, 0.15) is 46.0 Å². The van der Waals surface area contributed by atoms with E-state index < -0.39 is 0 Å². The maximum absolute atomic E-state index is 12.5. The van der Waals surface area contributed by atoms with Crippen molar-refractivity contribution < 1.29 is 4.79 Å². The minimum atomic E-state index is 0. The number of nitrogens with zero attached hydrogens (tertiary/aromatic N) is 1. The highest BCUT2D eigenvalue weighted by atomic mass is 35.5. The molecule has 1 N–H and O–H groups in total. The van der Waals surface area contributed by atoms with E-state index in [1.807, 2.05) is 0 Å². The fraction of sp³-hybridized carbons (Fsp3) is 0.929. The molecule has 3 nitrogen and oxygen atoms in total. The molecule has 18 heavy (non-hydrogen) atoms. The van der Waals surface area contributed by atoms with Crippen molar-refractivity contribution in [1.82, 2.24) is 10.2 Å². The number of rotatable bonds is 5. The molecule has 0 spiro atoms. The van der Waals surface area contributed by atoms with E-state index in [2.05, 4.69) is 24.1 Å². The zero-order valence-corrected chi connectivity index (χ0v) is 12.5. The van der Waals surface area contributed by atoms with Gasteiger partial charge in [0.15, 0.2) is 0 Å². The van der Waals surface area contributed by atoms with E-state index in [9.17, 15) is 4.79 Å². The molecular formula is C14H27ClN2O. The van der Waals surface area contributed by atoms with Gasteiger partial charge in [-0.3, -0.25) is 4.79 Å². The van der Waals surface area contributed by atoms with Gasteiger partial charge in [0.25, 0.3) is 0 Å². The van der Waals surface area contributed by atoms with Crippen molar-refractivity contribution in [3.05, 3.63) is 0 Å². The summed E-state index contributed by atoms with van der Waals surface area (Å²) in [6.07, 6.45) is 5.67. The van der Waals surface area contributed by atoms with Gasteiger partial charge >= 0.3 is 0 Å². The highest BCUT2D eigenvalue weighted by Gasteiger charge is 2.35. The number of amides is 1. The number of carbonyl (C=O) groups is 1. The lowest BCUT2D eigenvalue weighted by Crippen LogP contribution is -2.42. The third kappa shape index (κ3) is 4.43. The molecule has 0 aromatic carbocycles. The summed E-state index contributed by atoms with van der Waals surface area (Å²) in [5.41, 5.74) is 0. The molecule has 2 rings (SSSR count). The predicted molar refractivity (Wildman–Crippen MR) is 77.0 cm³/mol. The van der Waals surface area contributed by atoms with Crippen molar-refractivity contribution >= 4 is 18.3 Å². The molecule has 1 amide bonds. The summed E-state index contributed by atoms with van der Waals surface area (Å²) in [5, 5.41) is 3.33. The lowest BCUT2D eigenvalue weighted by atomic mass is 9.96. The van der Waals surface area contributed by atoms with Gasteiger partial charge in [-0.05, 0) is 51.1 Å². The van der Waals surface area contributed by atoms with Crippen molar-refractivity contribution in [2.45, 2.75) is 52.0 Å².